The van der Waals surface area contributed by atoms with Crippen molar-refractivity contribution in [3.8, 4) is 0 Å². The van der Waals surface area contributed by atoms with Crippen molar-refractivity contribution in [2.45, 2.75) is 70.6 Å². The molecule has 25 heavy (non-hydrogen) atoms. The zero-order valence-corrected chi connectivity index (χ0v) is 17.1. The van der Waals surface area contributed by atoms with Crippen molar-refractivity contribution in [2.75, 3.05) is 0 Å². The first-order valence-corrected chi connectivity index (χ1v) is 11.0. The van der Waals surface area contributed by atoms with Crippen LogP contribution in [-0.2, 0) is 15.6 Å². The van der Waals surface area contributed by atoms with Crippen LogP contribution in [0, 0.1) is 0 Å². The normalized spacial score (nSPS) is 13.2. The van der Waals surface area contributed by atoms with Gasteiger partial charge in [-0.15, -0.1) is 0 Å². The Labute approximate surface area is 151 Å². The molecule has 0 spiro atoms. The third-order valence-electron chi connectivity index (χ3n) is 4.85. The number of carboxylic acid groups (broad SMARTS) is 1. The van der Waals surface area contributed by atoms with Gasteiger partial charge in [0.05, 0.1) is 0 Å². The smallest absolute Gasteiger partial charge is 0.394 e. The quantitative estimate of drug-likeness (QED) is 0.661. The summed E-state index contributed by atoms with van der Waals surface area (Å²) in [6, 6.07) is 8.25. The van der Waals surface area contributed by atoms with Gasteiger partial charge in [-0.3, -0.25) is 0 Å². The minimum Gasteiger partial charge on any atom is -0.503 e. The van der Waals surface area contributed by atoms with E-state index in [0.29, 0.717) is 0 Å². The number of nitrogens with one attached hydrogen (secondary N) is 1. The van der Waals surface area contributed by atoms with E-state index < -0.39 is 26.4 Å². The number of hydrogen-bond acceptors (Lipinski definition) is 3. The second-order valence-corrected chi connectivity index (χ2v) is 12.8. The summed E-state index contributed by atoms with van der Waals surface area (Å²) in [4.78, 5) is 24.1. The first-order chi connectivity index (χ1) is 11.6. The van der Waals surface area contributed by atoms with Crippen LogP contribution < -0.4 is 5.32 Å². The van der Waals surface area contributed by atoms with E-state index in [2.05, 4.69) is 46.9 Å². The molecule has 0 bridgehead atoms. The molecular weight excluding hydrogens is 334 g/mol. The van der Waals surface area contributed by atoms with Gasteiger partial charge in [0.1, 0.15) is 6.04 Å². The predicted octanol–water partition coefficient (Wildman–Crippen LogP) is 4.58. The summed E-state index contributed by atoms with van der Waals surface area (Å²) in [6.45, 7) is 12.5. The zero-order valence-electron chi connectivity index (χ0n) is 16.1. The number of hydrogen-bond donors (Lipinski definition) is 2. The molecule has 0 radical (unpaired) electrons. The summed E-state index contributed by atoms with van der Waals surface area (Å²) < 4.78 is 5.97. The Morgan fingerprint density at radius 3 is 1.88 bits per heavy atom. The van der Waals surface area contributed by atoms with Crippen molar-refractivity contribution in [3.63, 3.8) is 0 Å². The Kier molecular flexibility index (Phi) is 7.67. The number of benzene rings is 1. The van der Waals surface area contributed by atoms with Gasteiger partial charge in [-0.25, -0.2) is 9.59 Å². The second-order valence-electron chi connectivity index (χ2n) is 7.43. The van der Waals surface area contributed by atoms with Crippen molar-refractivity contribution >= 4 is 20.4 Å². The molecular formula is C19H31NO4Si. The number of carboxylic acids is 1. The number of carbonyl (C=O) groups excluding carboxylic acids is 1. The molecule has 1 aromatic carbocycles. The van der Waals surface area contributed by atoms with Gasteiger partial charge in [0.15, 0.2) is 0 Å². The van der Waals surface area contributed by atoms with Gasteiger partial charge in [0.25, 0.3) is 8.32 Å². The molecule has 0 aromatic heterocycles. The van der Waals surface area contributed by atoms with Crippen LogP contribution in [0.5, 0.6) is 0 Å². The summed E-state index contributed by atoms with van der Waals surface area (Å²) in [5, 5.41) is 12.0. The highest BCUT2D eigenvalue weighted by Crippen LogP contribution is 2.42. The molecule has 1 amide bonds. The lowest BCUT2D eigenvalue weighted by molar-refractivity contribution is -0.139. The topological polar surface area (TPSA) is 75.6 Å². The Morgan fingerprint density at radius 2 is 1.48 bits per heavy atom. The Bertz CT molecular complexity index is 550. The first kappa shape index (κ1) is 21.2. The van der Waals surface area contributed by atoms with E-state index in [1.165, 1.54) is 0 Å². The maximum absolute atomic E-state index is 12.5. The molecule has 140 valence electrons. The highest BCUT2D eigenvalue weighted by atomic mass is 28.4. The van der Waals surface area contributed by atoms with Crippen LogP contribution in [0.4, 0.5) is 4.79 Å². The lowest BCUT2D eigenvalue weighted by Gasteiger charge is -2.41. The molecule has 0 unspecified atom stereocenters. The Morgan fingerprint density at radius 1 is 1.00 bits per heavy atom. The van der Waals surface area contributed by atoms with E-state index in [-0.39, 0.29) is 23.0 Å². The van der Waals surface area contributed by atoms with Gasteiger partial charge in [0.2, 0.25) is 0 Å². The van der Waals surface area contributed by atoms with Crippen LogP contribution in [0.2, 0.25) is 16.6 Å². The van der Waals surface area contributed by atoms with Crippen molar-refractivity contribution in [3.05, 3.63) is 35.9 Å². The standard InChI is InChI=1S/C19H31NO4Si/c1-13(2)25(14(3)4,15(5)6)24-19(23)20-17(18(21)22)12-16-10-8-7-9-11-16/h7-11,13-15,17H,12H2,1-6H3,(H,20,23)(H,21,22)/t17-/m0/s1. The lowest BCUT2D eigenvalue weighted by Crippen LogP contribution is -2.53. The Balaban J connectivity index is 2.91. The van der Waals surface area contributed by atoms with Crippen LogP contribution in [0.25, 0.3) is 0 Å². The van der Waals surface area contributed by atoms with Gasteiger partial charge < -0.3 is 14.8 Å². The van der Waals surface area contributed by atoms with Crippen LogP contribution >= 0.6 is 0 Å². The summed E-state index contributed by atoms with van der Waals surface area (Å²) in [6.07, 6.45) is -0.392. The Hall–Kier alpha value is -1.82. The molecule has 6 heteroatoms. The highest BCUT2D eigenvalue weighted by molar-refractivity contribution is 6.78. The molecule has 0 fully saturated rings. The fraction of sp³-hybridized carbons (Fsp3) is 0.579. The summed E-state index contributed by atoms with van der Waals surface area (Å²) in [5.74, 6) is -1.06. The minimum absolute atomic E-state index is 0.227. The number of rotatable bonds is 8. The molecule has 0 aliphatic heterocycles. The maximum atomic E-state index is 12.5. The predicted molar refractivity (Wildman–Crippen MR) is 102 cm³/mol. The fourth-order valence-corrected chi connectivity index (χ4v) is 8.82. The van der Waals surface area contributed by atoms with Gasteiger partial charge in [-0.05, 0) is 22.2 Å². The molecule has 0 saturated carbocycles. The van der Waals surface area contributed by atoms with Crippen molar-refractivity contribution in [1.82, 2.24) is 5.32 Å². The maximum Gasteiger partial charge on any atom is 0.394 e. The van der Waals surface area contributed by atoms with Crippen molar-refractivity contribution < 1.29 is 19.1 Å². The molecule has 1 aromatic rings. The van der Waals surface area contributed by atoms with Gasteiger partial charge >= 0.3 is 12.1 Å². The molecule has 0 aliphatic rings. The van der Waals surface area contributed by atoms with Crippen LogP contribution in [0.15, 0.2) is 30.3 Å². The van der Waals surface area contributed by atoms with E-state index in [0.717, 1.165) is 5.56 Å². The van der Waals surface area contributed by atoms with E-state index in [9.17, 15) is 14.7 Å². The number of carbonyl (C=O) groups is 2. The van der Waals surface area contributed by atoms with Crippen molar-refractivity contribution in [1.29, 1.82) is 0 Å². The summed E-state index contributed by atoms with van der Waals surface area (Å²) in [5.41, 5.74) is 1.59. The monoisotopic (exact) mass is 365 g/mol. The minimum atomic E-state index is -2.39. The van der Waals surface area contributed by atoms with E-state index in [4.69, 9.17) is 4.43 Å². The number of aliphatic carboxylic acids is 1. The van der Waals surface area contributed by atoms with E-state index in [1.807, 2.05) is 30.3 Å². The van der Waals surface area contributed by atoms with Gasteiger partial charge in [-0.1, -0.05) is 71.9 Å². The van der Waals surface area contributed by atoms with Gasteiger partial charge in [-0.2, -0.15) is 0 Å². The second kappa shape index (κ2) is 9.04. The van der Waals surface area contributed by atoms with Crippen LogP contribution in [-0.4, -0.2) is 31.5 Å². The molecule has 0 saturated heterocycles. The zero-order chi connectivity index (χ0) is 19.2. The molecule has 0 aliphatic carbocycles. The molecule has 1 rings (SSSR count). The largest absolute Gasteiger partial charge is 0.503 e. The molecule has 1 atom stereocenters. The fourth-order valence-electron chi connectivity index (χ4n) is 3.74. The van der Waals surface area contributed by atoms with E-state index in [1.54, 1.807) is 0 Å². The molecule has 0 heterocycles. The first-order valence-electron chi connectivity index (χ1n) is 8.87. The highest BCUT2D eigenvalue weighted by Gasteiger charge is 2.48. The van der Waals surface area contributed by atoms with Crippen molar-refractivity contribution in [2.24, 2.45) is 0 Å². The van der Waals surface area contributed by atoms with E-state index >= 15 is 0 Å². The molecule has 2 N–H and O–H groups in total. The average molecular weight is 366 g/mol. The van der Waals surface area contributed by atoms with Crippen LogP contribution in [0.1, 0.15) is 47.1 Å². The average Bonchev–Trinajstić information content (AvgIpc) is 2.51. The molecule has 5 nitrogen and oxygen atoms in total. The lowest BCUT2D eigenvalue weighted by atomic mass is 10.1. The summed E-state index contributed by atoms with van der Waals surface area (Å²) >= 11 is 0. The summed E-state index contributed by atoms with van der Waals surface area (Å²) in [7, 11) is -2.39. The third-order valence-corrected chi connectivity index (χ3v) is 10.8. The third kappa shape index (κ3) is 5.32. The number of amides is 1. The SMILES string of the molecule is CC(C)[Si](OC(=O)N[C@@H](Cc1ccccc1)C(=O)O)(C(C)C)C(C)C. The van der Waals surface area contributed by atoms with Crippen LogP contribution in [0.3, 0.4) is 0 Å². The van der Waals surface area contributed by atoms with Gasteiger partial charge in [0, 0.05) is 6.42 Å².